The van der Waals surface area contributed by atoms with Gasteiger partial charge in [-0.25, -0.2) is 10.5 Å². The number of aromatic nitrogens is 2. The number of hydroxylamine groups is 1. The molecule has 0 spiro atoms. The van der Waals surface area contributed by atoms with E-state index in [4.69, 9.17) is 4.84 Å². The van der Waals surface area contributed by atoms with E-state index >= 15 is 0 Å². The Hall–Kier alpha value is -2.01. The van der Waals surface area contributed by atoms with Gasteiger partial charge in [0.15, 0.2) is 0 Å². The van der Waals surface area contributed by atoms with Crippen molar-refractivity contribution in [3.05, 3.63) is 36.2 Å². The largest absolute Gasteiger partial charge is 0.295 e. The molecule has 5 heteroatoms. The number of nitrogens with one attached hydrogen (secondary N) is 1. The van der Waals surface area contributed by atoms with Gasteiger partial charge in [0.2, 0.25) is 0 Å². The van der Waals surface area contributed by atoms with E-state index in [-0.39, 0.29) is 5.69 Å². The minimum absolute atomic E-state index is 0.234. The molecule has 5 nitrogen and oxygen atoms in total. The van der Waals surface area contributed by atoms with Crippen LogP contribution in [-0.2, 0) is 4.84 Å². The maximum absolute atomic E-state index is 11.8. The standard InChI is InChI=1S/C13H15N3O2/c1-13(2,3)18-16-12(17)11-8-14-9-6-4-5-7-10(9)15-11/h4-8H,1-3H3,(H,16,17). The second-order valence-corrected chi connectivity index (χ2v) is 4.89. The van der Waals surface area contributed by atoms with Crippen LogP contribution < -0.4 is 5.48 Å². The van der Waals surface area contributed by atoms with E-state index < -0.39 is 11.5 Å². The first-order valence-corrected chi connectivity index (χ1v) is 5.66. The normalized spacial score (nSPS) is 11.5. The summed E-state index contributed by atoms with van der Waals surface area (Å²) in [6.45, 7) is 5.54. The predicted molar refractivity (Wildman–Crippen MR) is 67.8 cm³/mol. The van der Waals surface area contributed by atoms with Gasteiger partial charge in [-0.2, -0.15) is 0 Å². The Morgan fingerprint density at radius 2 is 1.89 bits per heavy atom. The molecule has 0 saturated carbocycles. The van der Waals surface area contributed by atoms with Gasteiger partial charge in [-0.3, -0.25) is 14.6 Å². The Bertz CT molecular complexity index is 576. The van der Waals surface area contributed by atoms with Crippen molar-refractivity contribution >= 4 is 16.9 Å². The lowest BCUT2D eigenvalue weighted by atomic mass is 10.2. The predicted octanol–water partition coefficient (Wildman–Crippen LogP) is 2.09. The SMILES string of the molecule is CC(C)(C)ONC(=O)c1cnc2ccccc2n1. The molecule has 0 saturated heterocycles. The molecule has 18 heavy (non-hydrogen) atoms. The van der Waals surface area contributed by atoms with Crippen molar-refractivity contribution in [3.8, 4) is 0 Å². The van der Waals surface area contributed by atoms with Crippen molar-refractivity contribution < 1.29 is 9.63 Å². The molecule has 0 aliphatic carbocycles. The molecule has 1 aromatic heterocycles. The van der Waals surface area contributed by atoms with Crippen LogP contribution in [0, 0.1) is 0 Å². The fraction of sp³-hybridized carbons (Fsp3) is 0.308. The van der Waals surface area contributed by atoms with Gasteiger partial charge < -0.3 is 0 Å². The molecule has 0 bridgehead atoms. The number of hydrogen-bond acceptors (Lipinski definition) is 4. The number of rotatable bonds is 2. The molecule has 0 radical (unpaired) electrons. The van der Waals surface area contributed by atoms with Crippen LogP contribution in [0.25, 0.3) is 11.0 Å². The molecule has 2 rings (SSSR count). The molecule has 94 valence electrons. The van der Waals surface area contributed by atoms with Crippen LogP contribution >= 0.6 is 0 Å². The average Bonchev–Trinajstić information content (AvgIpc) is 2.34. The third-order valence-corrected chi connectivity index (χ3v) is 2.13. The fourth-order valence-electron chi connectivity index (χ4n) is 1.32. The number of amides is 1. The van der Waals surface area contributed by atoms with Crippen LogP contribution in [0.5, 0.6) is 0 Å². The summed E-state index contributed by atoms with van der Waals surface area (Å²) in [6, 6.07) is 7.38. The Morgan fingerprint density at radius 3 is 2.56 bits per heavy atom. The van der Waals surface area contributed by atoms with Crippen LogP contribution in [0.1, 0.15) is 31.3 Å². The summed E-state index contributed by atoms with van der Waals surface area (Å²) in [5.74, 6) is -0.400. The van der Waals surface area contributed by atoms with Crippen molar-refractivity contribution in [2.75, 3.05) is 0 Å². The number of carbonyl (C=O) groups is 1. The number of benzene rings is 1. The minimum atomic E-state index is -0.445. The van der Waals surface area contributed by atoms with Crippen LogP contribution in [0.4, 0.5) is 0 Å². The number of fused-ring (bicyclic) bond motifs is 1. The lowest BCUT2D eigenvalue weighted by Crippen LogP contribution is -2.34. The molecule has 1 aromatic carbocycles. The van der Waals surface area contributed by atoms with Crippen molar-refractivity contribution in [2.45, 2.75) is 26.4 Å². The summed E-state index contributed by atoms with van der Waals surface area (Å²) < 4.78 is 0. The molecular weight excluding hydrogens is 230 g/mol. The van der Waals surface area contributed by atoms with Crippen LogP contribution in [0.3, 0.4) is 0 Å². The molecule has 0 fully saturated rings. The molecule has 0 aliphatic rings. The van der Waals surface area contributed by atoms with Crippen LogP contribution in [-0.4, -0.2) is 21.5 Å². The summed E-state index contributed by atoms with van der Waals surface area (Å²) in [4.78, 5) is 25.4. The van der Waals surface area contributed by atoms with Gasteiger partial charge in [-0.1, -0.05) is 12.1 Å². The molecule has 1 N–H and O–H groups in total. The van der Waals surface area contributed by atoms with E-state index in [1.807, 2.05) is 45.0 Å². The number of para-hydroxylation sites is 2. The molecule has 1 amide bonds. The zero-order valence-electron chi connectivity index (χ0n) is 10.6. The molecule has 0 atom stereocenters. The smallest absolute Gasteiger partial charge is 0.268 e. The quantitative estimate of drug-likeness (QED) is 0.823. The van der Waals surface area contributed by atoms with Crippen molar-refractivity contribution in [2.24, 2.45) is 0 Å². The first-order chi connectivity index (χ1) is 8.46. The lowest BCUT2D eigenvalue weighted by Gasteiger charge is -2.18. The van der Waals surface area contributed by atoms with Crippen molar-refractivity contribution in [1.82, 2.24) is 15.4 Å². The first-order valence-electron chi connectivity index (χ1n) is 5.66. The second-order valence-electron chi connectivity index (χ2n) is 4.89. The average molecular weight is 245 g/mol. The Kier molecular flexibility index (Phi) is 3.25. The fourth-order valence-corrected chi connectivity index (χ4v) is 1.32. The van der Waals surface area contributed by atoms with E-state index in [9.17, 15) is 4.79 Å². The maximum Gasteiger partial charge on any atom is 0.295 e. The molecular formula is C13H15N3O2. The highest BCUT2D eigenvalue weighted by Gasteiger charge is 2.15. The summed E-state index contributed by atoms with van der Waals surface area (Å²) in [5.41, 5.74) is 3.59. The van der Waals surface area contributed by atoms with Gasteiger partial charge in [0.05, 0.1) is 22.8 Å². The highest BCUT2D eigenvalue weighted by molar-refractivity contribution is 5.93. The second kappa shape index (κ2) is 4.70. The summed E-state index contributed by atoms with van der Waals surface area (Å²) in [5, 5.41) is 0. The van der Waals surface area contributed by atoms with E-state index in [2.05, 4.69) is 15.4 Å². The Labute approximate surface area is 105 Å². The third kappa shape index (κ3) is 3.01. The zero-order valence-corrected chi connectivity index (χ0v) is 10.6. The Morgan fingerprint density at radius 1 is 1.22 bits per heavy atom. The molecule has 0 aliphatic heterocycles. The minimum Gasteiger partial charge on any atom is -0.268 e. The summed E-state index contributed by atoms with van der Waals surface area (Å²) >= 11 is 0. The van der Waals surface area contributed by atoms with Crippen molar-refractivity contribution in [3.63, 3.8) is 0 Å². The van der Waals surface area contributed by atoms with Gasteiger partial charge in [0.25, 0.3) is 5.91 Å². The topological polar surface area (TPSA) is 64.1 Å². The molecule has 2 aromatic rings. The third-order valence-electron chi connectivity index (χ3n) is 2.13. The van der Waals surface area contributed by atoms with Gasteiger partial charge >= 0.3 is 0 Å². The van der Waals surface area contributed by atoms with E-state index in [1.54, 1.807) is 0 Å². The summed E-state index contributed by atoms with van der Waals surface area (Å²) in [6.07, 6.45) is 1.43. The highest BCUT2D eigenvalue weighted by Crippen LogP contribution is 2.09. The molecule has 1 heterocycles. The van der Waals surface area contributed by atoms with Crippen LogP contribution in [0.2, 0.25) is 0 Å². The van der Waals surface area contributed by atoms with Gasteiger partial charge in [0, 0.05) is 0 Å². The van der Waals surface area contributed by atoms with E-state index in [0.717, 1.165) is 5.52 Å². The zero-order chi connectivity index (χ0) is 13.2. The first kappa shape index (κ1) is 12.4. The van der Waals surface area contributed by atoms with Gasteiger partial charge in [-0.05, 0) is 32.9 Å². The number of hydrogen-bond donors (Lipinski definition) is 1. The maximum atomic E-state index is 11.8. The lowest BCUT2D eigenvalue weighted by molar-refractivity contribution is -0.0591. The van der Waals surface area contributed by atoms with E-state index in [1.165, 1.54) is 6.20 Å². The van der Waals surface area contributed by atoms with Crippen molar-refractivity contribution in [1.29, 1.82) is 0 Å². The monoisotopic (exact) mass is 245 g/mol. The Balaban J connectivity index is 2.18. The van der Waals surface area contributed by atoms with Crippen LogP contribution in [0.15, 0.2) is 30.5 Å². The van der Waals surface area contributed by atoms with Gasteiger partial charge in [-0.15, -0.1) is 0 Å². The number of carbonyl (C=O) groups excluding carboxylic acids is 1. The highest BCUT2D eigenvalue weighted by atomic mass is 16.7. The summed E-state index contributed by atoms with van der Waals surface area (Å²) in [7, 11) is 0. The molecule has 0 unspecified atom stereocenters. The number of nitrogens with zero attached hydrogens (tertiary/aromatic N) is 2. The van der Waals surface area contributed by atoms with E-state index in [0.29, 0.717) is 5.52 Å². The van der Waals surface area contributed by atoms with Gasteiger partial charge in [0.1, 0.15) is 5.69 Å².